The molecule has 5 rings (SSSR count). The highest BCUT2D eigenvalue weighted by Gasteiger charge is 2.55. The number of carbonyl (C=O) groups is 2. The number of nitrogens with zero attached hydrogens (tertiary/aromatic N) is 4. The fourth-order valence-electron chi connectivity index (χ4n) is 5.71. The number of methoxy groups -OCH3 is 1. The molecule has 0 bridgehead atoms. The summed E-state index contributed by atoms with van der Waals surface area (Å²) in [6.45, 7) is -0.919. The maximum Gasteiger partial charge on any atom is 0.290 e. The van der Waals surface area contributed by atoms with Crippen LogP contribution in [0.15, 0.2) is 42.6 Å². The van der Waals surface area contributed by atoms with Crippen LogP contribution in [0.5, 0.6) is 0 Å². The molecular formula is C32H28F9N7O3. The number of alkyl halides is 6. The lowest BCUT2D eigenvalue weighted by atomic mass is 9.89. The van der Waals surface area contributed by atoms with E-state index in [-0.39, 0.29) is 46.2 Å². The van der Waals surface area contributed by atoms with E-state index in [9.17, 15) is 40.3 Å². The molecule has 2 aromatic carbocycles. The molecule has 0 aliphatic heterocycles. The molecule has 4 N–H and O–H groups in total. The molecule has 1 atom stereocenters. The number of fused-ring (bicyclic) bond motifs is 1. The minimum absolute atomic E-state index is 0.0274. The van der Waals surface area contributed by atoms with Gasteiger partial charge < -0.3 is 21.1 Å². The topological polar surface area (TPSA) is 137 Å². The van der Waals surface area contributed by atoms with Crippen LogP contribution in [-0.4, -0.2) is 51.8 Å². The summed E-state index contributed by atoms with van der Waals surface area (Å²) in [5, 5.41) is 8.57. The second-order valence-corrected chi connectivity index (χ2v) is 11.5. The Bertz CT molecular complexity index is 1940. The number of nitrogens with one attached hydrogen (secondary N) is 2. The Kier molecular flexibility index (Phi) is 10.6. The highest BCUT2D eigenvalue weighted by molar-refractivity contribution is 5.94. The predicted octanol–water partition coefficient (Wildman–Crippen LogP) is 5.93. The second-order valence-electron chi connectivity index (χ2n) is 11.5. The summed E-state index contributed by atoms with van der Waals surface area (Å²) >= 11 is 0. The Labute approximate surface area is 283 Å². The van der Waals surface area contributed by atoms with Gasteiger partial charge in [-0.2, -0.15) is 13.9 Å². The van der Waals surface area contributed by atoms with Crippen LogP contribution in [0.4, 0.5) is 45.5 Å². The first-order chi connectivity index (χ1) is 24.0. The van der Waals surface area contributed by atoms with E-state index in [0.717, 1.165) is 24.3 Å². The maximum absolute atomic E-state index is 15.0. The normalized spacial score (nSPS) is 15.4. The van der Waals surface area contributed by atoms with Crippen molar-refractivity contribution in [3.63, 3.8) is 0 Å². The van der Waals surface area contributed by atoms with Crippen LogP contribution < -0.4 is 16.4 Å². The zero-order valence-corrected chi connectivity index (χ0v) is 26.4. The fraction of sp³-hybridized carbons (Fsp3) is 0.344. The van der Waals surface area contributed by atoms with Crippen molar-refractivity contribution < 1.29 is 53.8 Å². The number of amides is 2. The van der Waals surface area contributed by atoms with Gasteiger partial charge in [0, 0.05) is 44.3 Å². The molecule has 2 heterocycles. The number of anilines is 1. The third-order valence-electron chi connectivity index (χ3n) is 7.92. The maximum atomic E-state index is 15.0. The highest BCUT2D eigenvalue weighted by Crippen LogP contribution is 2.52. The summed E-state index contributed by atoms with van der Waals surface area (Å²) in [5.41, 5.74) is -0.133. The summed E-state index contributed by atoms with van der Waals surface area (Å²) in [6, 6.07) is 4.15. The molecule has 1 unspecified atom stereocenters. The van der Waals surface area contributed by atoms with Crippen molar-refractivity contribution in [3.05, 3.63) is 93.8 Å². The number of ether oxygens (including phenoxy) is 1. The molecule has 4 aromatic rings. The van der Waals surface area contributed by atoms with E-state index in [4.69, 9.17) is 10.5 Å². The number of hydrogen-bond acceptors (Lipinski definition) is 7. The molecule has 272 valence electrons. The molecule has 2 amide bonds. The lowest BCUT2D eigenvalue weighted by molar-refractivity contribution is -0.123. The molecule has 0 spiro atoms. The van der Waals surface area contributed by atoms with Crippen LogP contribution in [0.25, 0.3) is 11.1 Å². The second kappa shape index (κ2) is 14.6. The fourth-order valence-corrected chi connectivity index (χ4v) is 5.71. The van der Waals surface area contributed by atoms with Crippen molar-refractivity contribution in [1.29, 1.82) is 0 Å². The van der Waals surface area contributed by atoms with Gasteiger partial charge in [0.1, 0.15) is 35.4 Å². The number of carbonyl (C=O) groups excluding carboxylic acids is 2. The third-order valence-corrected chi connectivity index (χ3v) is 7.92. The quantitative estimate of drug-likeness (QED) is 0.115. The number of nitrogens with two attached hydrogens (primary N) is 1. The van der Waals surface area contributed by atoms with Gasteiger partial charge >= 0.3 is 0 Å². The van der Waals surface area contributed by atoms with Gasteiger partial charge in [-0.15, -0.1) is 0 Å². The lowest BCUT2D eigenvalue weighted by Gasteiger charge is -2.29. The monoisotopic (exact) mass is 729 g/mol. The van der Waals surface area contributed by atoms with Crippen LogP contribution in [0.1, 0.15) is 63.9 Å². The minimum atomic E-state index is -4.09. The van der Waals surface area contributed by atoms with Gasteiger partial charge in [-0.1, -0.05) is 6.07 Å². The first kappa shape index (κ1) is 37.1. The Hall–Kier alpha value is -5.20. The van der Waals surface area contributed by atoms with Gasteiger partial charge in [-0.3, -0.25) is 14.3 Å². The summed E-state index contributed by atoms with van der Waals surface area (Å²) in [4.78, 5) is 34.1. The van der Waals surface area contributed by atoms with E-state index in [1.807, 2.05) is 0 Å². The SMILES string of the molecule is COCCNc1ncc(-c2ccc(F)c(C(N)=O)c2)c(C(Cc2cc(F)cc(F)c2)NC(=O)Cn2nc(C(F)F)c3c2C(F)(F)CCC3(F)F)n1. The van der Waals surface area contributed by atoms with Crippen LogP contribution in [0, 0.1) is 17.5 Å². The van der Waals surface area contributed by atoms with E-state index in [1.54, 1.807) is 0 Å². The zero-order chi connectivity index (χ0) is 37.2. The predicted molar refractivity (Wildman–Crippen MR) is 161 cm³/mol. The third kappa shape index (κ3) is 8.08. The van der Waals surface area contributed by atoms with Crippen LogP contribution >= 0.6 is 0 Å². The lowest BCUT2D eigenvalue weighted by Crippen LogP contribution is -2.37. The molecule has 0 fully saturated rings. The first-order valence-corrected chi connectivity index (χ1v) is 15.1. The smallest absolute Gasteiger partial charge is 0.290 e. The number of hydrogen-bond donors (Lipinski definition) is 3. The van der Waals surface area contributed by atoms with Crippen molar-refractivity contribution in [1.82, 2.24) is 25.1 Å². The van der Waals surface area contributed by atoms with Crippen molar-refractivity contribution in [2.45, 2.75) is 50.1 Å². The van der Waals surface area contributed by atoms with E-state index in [0.29, 0.717) is 6.07 Å². The molecule has 1 aliphatic rings. The van der Waals surface area contributed by atoms with Crippen LogP contribution in [-0.2, 0) is 34.3 Å². The van der Waals surface area contributed by atoms with Crippen molar-refractivity contribution >= 4 is 17.8 Å². The molecule has 0 saturated heterocycles. The molecular weight excluding hydrogens is 701 g/mol. The summed E-state index contributed by atoms with van der Waals surface area (Å²) in [6.07, 6.45) is -5.78. The molecule has 0 radical (unpaired) electrons. The van der Waals surface area contributed by atoms with Crippen LogP contribution in [0.2, 0.25) is 0 Å². The zero-order valence-electron chi connectivity index (χ0n) is 26.4. The Morgan fingerprint density at radius 1 is 1.00 bits per heavy atom. The van der Waals surface area contributed by atoms with Gasteiger partial charge in [-0.25, -0.2) is 40.7 Å². The summed E-state index contributed by atoms with van der Waals surface area (Å²) < 4.78 is 135. The molecule has 19 heteroatoms. The van der Waals surface area contributed by atoms with Crippen LogP contribution in [0.3, 0.4) is 0 Å². The summed E-state index contributed by atoms with van der Waals surface area (Å²) in [5.74, 6) is -13.6. The highest BCUT2D eigenvalue weighted by atomic mass is 19.3. The van der Waals surface area contributed by atoms with Crippen molar-refractivity contribution in [3.8, 4) is 11.1 Å². The number of rotatable bonds is 13. The number of aromatic nitrogens is 4. The number of halogens is 9. The Morgan fingerprint density at radius 3 is 2.33 bits per heavy atom. The molecule has 2 aromatic heterocycles. The Morgan fingerprint density at radius 2 is 1.69 bits per heavy atom. The number of benzene rings is 2. The van der Waals surface area contributed by atoms with Crippen molar-refractivity contribution in [2.24, 2.45) is 5.73 Å². The van der Waals surface area contributed by atoms with Crippen molar-refractivity contribution in [2.75, 3.05) is 25.6 Å². The molecule has 0 saturated carbocycles. The largest absolute Gasteiger partial charge is 0.383 e. The van der Waals surface area contributed by atoms with Gasteiger partial charge in [0.05, 0.1) is 29.5 Å². The molecule has 51 heavy (non-hydrogen) atoms. The molecule has 10 nitrogen and oxygen atoms in total. The average Bonchev–Trinajstić information content (AvgIpc) is 3.45. The standard InChI is InChI=1S/C32H28F9N7O3/c1-51-7-6-43-30-44-13-20(16-2-3-21(35)19(11-16)29(42)50)25(46-30)22(10-15-8-17(33)12-18(34)9-15)45-23(49)14-48-27-24(26(47-48)28(36)37)31(38,39)4-5-32(27,40)41/h2-3,8-9,11-13,22,28H,4-7,10,14H2,1H3,(H2,42,50)(H,45,49)(H,43,44,46). The van der Waals surface area contributed by atoms with Gasteiger partial charge in [0.2, 0.25) is 11.9 Å². The number of primary amides is 1. The van der Waals surface area contributed by atoms with Gasteiger partial charge in [-0.05, 0) is 41.8 Å². The van der Waals surface area contributed by atoms with E-state index >= 15 is 8.78 Å². The van der Waals surface area contributed by atoms with E-state index in [1.165, 1.54) is 19.4 Å². The minimum Gasteiger partial charge on any atom is -0.383 e. The van der Waals surface area contributed by atoms with Gasteiger partial charge in [0.25, 0.3) is 24.2 Å². The van der Waals surface area contributed by atoms with E-state index < -0.39 is 102 Å². The summed E-state index contributed by atoms with van der Waals surface area (Å²) in [7, 11) is 1.42. The molecule has 1 aliphatic carbocycles. The Balaban J connectivity index is 1.62. The van der Waals surface area contributed by atoms with E-state index in [2.05, 4.69) is 25.7 Å². The van der Waals surface area contributed by atoms with Gasteiger partial charge in [0.15, 0.2) is 0 Å². The first-order valence-electron chi connectivity index (χ1n) is 15.1. The average molecular weight is 730 g/mol.